The fourth-order valence-electron chi connectivity index (χ4n) is 2.23. The highest BCUT2D eigenvalue weighted by Gasteiger charge is 2.15. The number of benzene rings is 1. The number of aromatic nitrogens is 2. The van der Waals surface area contributed by atoms with Crippen molar-refractivity contribution in [3.8, 4) is 0 Å². The van der Waals surface area contributed by atoms with Crippen LogP contribution < -0.4 is 5.73 Å². The van der Waals surface area contributed by atoms with Gasteiger partial charge < -0.3 is 10.3 Å². The van der Waals surface area contributed by atoms with Crippen LogP contribution in [-0.4, -0.2) is 9.55 Å². The lowest BCUT2D eigenvalue weighted by molar-refractivity contribution is 0.736. The smallest absolute Gasteiger partial charge is 0.200 e. The molecule has 2 aromatic rings. The van der Waals surface area contributed by atoms with Gasteiger partial charge in [0, 0.05) is 19.2 Å². The predicted octanol–water partition coefficient (Wildman–Crippen LogP) is 2.72. The van der Waals surface area contributed by atoms with E-state index in [1.165, 1.54) is 11.3 Å². The maximum atomic E-state index is 5.88. The molecule has 1 aromatic carbocycles. The summed E-state index contributed by atoms with van der Waals surface area (Å²) < 4.78 is 1.99. The fourth-order valence-corrected chi connectivity index (χ4v) is 2.23. The average molecular weight is 229 g/mol. The number of hydrogen-bond donors (Lipinski definition) is 1. The summed E-state index contributed by atoms with van der Waals surface area (Å²) >= 11 is 0. The van der Waals surface area contributed by atoms with Crippen molar-refractivity contribution in [1.82, 2.24) is 9.55 Å². The SMILES string of the molecule is CC(C)c1c(Cc2ccccc2)nc(N)n1C. The Bertz CT molecular complexity index is 498. The Hall–Kier alpha value is -1.77. The van der Waals surface area contributed by atoms with Gasteiger partial charge >= 0.3 is 0 Å². The molecule has 17 heavy (non-hydrogen) atoms. The summed E-state index contributed by atoms with van der Waals surface area (Å²) in [5.41, 5.74) is 9.47. The number of nitrogens with two attached hydrogens (primary N) is 1. The molecule has 0 unspecified atom stereocenters. The Morgan fingerprint density at radius 1 is 1.24 bits per heavy atom. The number of nitrogens with zero attached hydrogens (tertiary/aromatic N) is 2. The monoisotopic (exact) mass is 229 g/mol. The third-order valence-electron chi connectivity index (χ3n) is 3.01. The van der Waals surface area contributed by atoms with Gasteiger partial charge in [-0.15, -0.1) is 0 Å². The average Bonchev–Trinajstić information content (AvgIpc) is 2.56. The third-order valence-corrected chi connectivity index (χ3v) is 3.01. The lowest BCUT2D eigenvalue weighted by atomic mass is 10.0. The molecule has 0 radical (unpaired) electrons. The molecular weight excluding hydrogens is 210 g/mol. The topological polar surface area (TPSA) is 43.8 Å². The second-order valence-corrected chi connectivity index (χ2v) is 4.68. The molecule has 0 aliphatic rings. The molecule has 0 bridgehead atoms. The van der Waals surface area contributed by atoms with Crippen molar-refractivity contribution in [3.63, 3.8) is 0 Å². The van der Waals surface area contributed by atoms with Crippen LogP contribution in [0.4, 0.5) is 5.95 Å². The van der Waals surface area contributed by atoms with E-state index < -0.39 is 0 Å². The van der Waals surface area contributed by atoms with Gasteiger partial charge in [-0.3, -0.25) is 0 Å². The first-order chi connectivity index (χ1) is 8.09. The van der Waals surface area contributed by atoms with Crippen LogP contribution in [0, 0.1) is 0 Å². The Labute approximate surface area is 102 Å². The van der Waals surface area contributed by atoms with Gasteiger partial charge in [-0.05, 0) is 11.5 Å². The summed E-state index contributed by atoms with van der Waals surface area (Å²) in [6.07, 6.45) is 0.847. The minimum Gasteiger partial charge on any atom is -0.369 e. The number of hydrogen-bond acceptors (Lipinski definition) is 2. The minimum atomic E-state index is 0.434. The third kappa shape index (κ3) is 2.33. The highest BCUT2D eigenvalue weighted by molar-refractivity contribution is 5.34. The van der Waals surface area contributed by atoms with Gasteiger partial charge in [-0.25, -0.2) is 4.98 Å². The summed E-state index contributed by atoms with van der Waals surface area (Å²) in [6.45, 7) is 4.34. The zero-order valence-corrected chi connectivity index (χ0v) is 10.6. The summed E-state index contributed by atoms with van der Waals surface area (Å²) in [4.78, 5) is 4.47. The Kier molecular flexibility index (Phi) is 3.18. The van der Waals surface area contributed by atoms with Crippen LogP contribution in [0.2, 0.25) is 0 Å². The van der Waals surface area contributed by atoms with Crippen molar-refractivity contribution in [2.45, 2.75) is 26.2 Å². The van der Waals surface area contributed by atoms with E-state index in [2.05, 4.69) is 43.1 Å². The molecule has 90 valence electrons. The van der Waals surface area contributed by atoms with E-state index in [1.807, 2.05) is 17.7 Å². The van der Waals surface area contributed by atoms with Crippen LogP contribution in [0.1, 0.15) is 36.7 Å². The van der Waals surface area contributed by atoms with Crippen molar-refractivity contribution in [3.05, 3.63) is 47.3 Å². The van der Waals surface area contributed by atoms with Crippen molar-refractivity contribution in [2.24, 2.45) is 7.05 Å². The van der Waals surface area contributed by atoms with Gasteiger partial charge in [-0.2, -0.15) is 0 Å². The lowest BCUT2D eigenvalue weighted by Crippen LogP contribution is -2.04. The van der Waals surface area contributed by atoms with E-state index >= 15 is 0 Å². The second kappa shape index (κ2) is 4.62. The molecule has 0 atom stereocenters. The van der Waals surface area contributed by atoms with E-state index in [0.29, 0.717) is 11.9 Å². The molecule has 0 saturated heterocycles. The molecular formula is C14H19N3. The van der Waals surface area contributed by atoms with Crippen LogP contribution in [0.3, 0.4) is 0 Å². The van der Waals surface area contributed by atoms with Crippen LogP contribution >= 0.6 is 0 Å². The van der Waals surface area contributed by atoms with Crippen LogP contribution in [0.5, 0.6) is 0 Å². The molecule has 1 aromatic heterocycles. The second-order valence-electron chi connectivity index (χ2n) is 4.68. The van der Waals surface area contributed by atoms with Gasteiger partial charge in [0.15, 0.2) is 5.95 Å². The van der Waals surface area contributed by atoms with Gasteiger partial charge in [0.25, 0.3) is 0 Å². The summed E-state index contributed by atoms with van der Waals surface area (Å²) in [7, 11) is 1.98. The van der Waals surface area contributed by atoms with E-state index in [9.17, 15) is 0 Å². The standard InChI is InChI=1S/C14H19N3/c1-10(2)13-12(16-14(15)17(13)3)9-11-7-5-4-6-8-11/h4-8,10H,9H2,1-3H3,(H2,15,16). The van der Waals surface area contributed by atoms with E-state index in [1.54, 1.807) is 0 Å². The summed E-state index contributed by atoms with van der Waals surface area (Å²) in [5, 5.41) is 0. The van der Waals surface area contributed by atoms with Crippen molar-refractivity contribution in [1.29, 1.82) is 0 Å². The summed E-state index contributed by atoms with van der Waals surface area (Å²) in [6, 6.07) is 10.4. The molecule has 1 heterocycles. The molecule has 0 saturated carbocycles. The first kappa shape index (κ1) is 11.7. The van der Waals surface area contributed by atoms with Gasteiger partial charge in [-0.1, -0.05) is 44.2 Å². The largest absolute Gasteiger partial charge is 0.369 e. The predicted molar refractivity (Wildman–Crippen MR) is 71.0 cm³/mol. The molecule has 0 aliphatic carbocycles. The Morgan fingerprint density at radius 2 is 1.88 bits per heavy atom. The van der Waals surface area contributed by atoms with Crippen LogP contribution in [0.25, 0.3) is 0 Å². The first-order valence-corrected chi connectivity index (χ1v) is 5.94. The number of rotatable bonds is 3. The quantitative estimate of drug-likeness (QED) is 0.879. The molecule has 0 amide bonds. The molecule has 0 aliphatic heterocycles. The first-order valence-electron chi connectivity index (χ1n) is 5.94. The lowest BCUT2D eigenvalue weighted by Gasteiger charge is -2.09. The van der Waals surface area contributed by atoms with Crippen molar-refractivity contribution >= 4 is 5.95 Å². The molecule has 0 spiro atoms. The van der Waals surface area contributed by atoms with Crippen molar-refractivity contribution < 1.29 is 0 Å². The van der Waals surface area contributed by atoms with Gasteiger partial charge in [0.1, 0.15) is 0 Å². The molecule has 2 rings (SSSR count). The molecule has 3 nitrogen and oxygen atoms in total. The van der Waals surface area contributed by atoms with E-state index in [4.69, 9.17) is 5.73 Å². The number of imidazole rings is 1. The van der Waals surface area contributed by atoms with Gasteiger partial charge in [0.2, 0.25) is 0 Å². The summed E-state index contributed by atoms with van der Waals surface area (Å²) in [5.74, 6) is 1.03. The fraction of sp³-hybridized carbons (Fsp3) is 0.357. The van der Waals surface area contributed by atoms with Crippen molar-refractivity contribution in [2.75, 3.05) is 5.73 Å². The maximum absolute atomic E-state index is 5.88. The maximum Gasteiger partial charge on any atom is 0.200 e. The zero-order chi connectivity index (χ0) is 12.4. The van der Waals surface area contributed by atoms with Crippen LogP contribution in [-0.2, 0) is 13.5 Å². The van der Waals surface area contributed by atoms with E-state index in [-0.39, 0.29) is 0 Å². The molecule has 0 fully saturated rings. The highest BCUT2D eigenvalue weighted by Crippen LogP contribution is 2.23. The molecule has 3 heteroatoms. The Morgan fingerprint density at radius 3 is 2.47 bits per heavy atom. The van der Waals surface area contributed by atoms with Gasteiger partial charge in [0.05, 0.1) is 5.69 Å². The Balaban J connectivity index is 2.36. The number of anilines is 1. The number of nitrogen functional groups attached to an aromatic ring is 1. The zero-order valence-electron chi connectivity index (χ0n) is 10.6. The normalized spacial score (nSPS) is 11.1. The minimum absolute atomic E-state index is 0.434. The molecule has 2 N–H and O–H groups in total. The van der Waals surface area contributed by atoms with E-state index in [0.717, 1.165) is 12.1 Å². The highest BCUT2D eigenvalue weighted by atomic mass is 15.1. The van der Waals surface area contributed by atoms with Crippen LogP contribution in [0.15, 0.2) is 30.3 Å².